The third-order valence-electron chi connectivity index (χ3n) is 4.97. The number of carbonyl (C=O) groups is 2. The second kappa shape index (κ2) is 12.5. The summed E-state index contributed by atoms with van der Waals surface area (Å²) in [4.78, 5) is 23.7. The summed E-state index contributed by atoms with van der Waals surface area (Å²) in [5.41, 5.74) is 1.39. The highest BCUT2D eigenvalue weighted by Crippen LogP contribution is 2.44. The number of esters is 2. The molecule has 0 aliphatic heterocycles. The van der Waals surface area contributed by atoms with E-state index in [0.717, 1.165) is 5.56 Å². The van der Waals surface area contributed by atoms with Crippen LogP contribution in [0.4, 0.5) is 0 Å². The van der Waals surface area contributed by atoms with Gasteiger partial charge < -0.3 is 33.2 Å². The van der Waals surface area contributed by atoms with Crippen molar-refractivity contribution >= 4 is 11.9 Å². The standard InChI is InChI=1S/C26H32O9/c1-9-10-18-11-20(29-5)26(21(12-18)30-6)33-15(2)24(35-17(4)28)19-13-22(31-7)25(32-8)23(14-19)34-16(3)27/h9,11-15,24H,1,10H2,2-8H3. The molecule has 0 amide bonds. The van der Waals surface area contributed by atoms with E-state index in [2.05, 4.69) is 6.58 Å². The van der Waals surface area contributed by atoms with Gasteiger partial charge in [-0.25, -0.2) is 0 Å². The van der Waals surface area contributed by atoms with Crippen molar-refractivity contribution in [1.29, 1.82) is 0 Å². The van der Waals surface area contributed by atoms with Crippen LogP contribution in [-0.2, 0) is 20.7 Å². The molecule has 0 aromatic heterocycles. The Kier molecular flexibility index (Phi) is 9.81. The Morgan fingerprint density at radius 1 is 0.829 bits per heavy atom. The molecule has 2 unspecified atom stereocenters. The van der Waals surface area contributed by atoms with Gasteiger partial charge in [0.05, 0.1) is 28.4 Å². The van der Waals surface area contributed by atoms with Crippen molar-refractivity contribution in [1.82, 2.24) is 0 Å². The van der Waals surface area contributed by atoms with Crippen molar-refractivity contribution in [2.45, 2.75) is 39.4 Å². The largest absolute Gasteiger partial charge is 0.493 e. The van der Waals surface area contributed by atoms with Crippen LogP contribution >= 0.6 is 0 Å². The predicted molar refractivity (Wildman–Crippen MR) is 129 cm³/mol. The summed E-state index contributed by atoms with van der Waals surface area (Å²) in [6.07, 6.45) is 0.744. The van der Waals surface area contributed by atoms with E-state index in [1.807, 2.05) is 12.1 Å². The molecule has 0 heterocycles. The molecule has 35 heavy (non-hydrogen) atoms. The van der Waals surface area contributed by atoms with Crippen LogP contribution in [0.1, 0.15) is 38.0 Å². The zero-order valence-electron chi connectivity index (χ0n) is 21.1. The molecule has 0 spiro atoms. The quantitative estimate of drug-likeness (QED) is 0.244. The highest BCUT2D eigenvalue weighted by atomic mass is 16.6. The van der Waals surface area contributed by atoms with Gasteiger partial charge in [-0.2, -0.15) is 0 Å². The molecule has 2 rings (SSSR count). The lowest BCUT2D eigenvalue weighted by Crippen LogP contribution is -2.26. The van der Waals surface area contributed by atoms with Gasteiger partial charge in [0.1, 0.15) is 6.10 Å². The van der Waals surface area contributed by atoms with Gasteiger partial charge in [-0.1, -0.05) is 6.08 Å². The zero-order chi connectivity index (χ0) is 26.1. The molecule has 0 saturated carbocycles. The van der Waals surface area contributed by atoms with E-state index < -0.39 is 24.1 Å². The monoisotopic (exact) mass is 488 g/mol. The Labute approximate surface area is 205 Å². The molecule has 0 N–H and O–H groups in total. The third-order valence-corrected chi connectivity index (χ3v) is 4.97. The lowest BCUT2D eigenvalue weighted by Gasteiger charge is -2.27. The van der Waals surface area contributed by atoms with Crippen molar-refractivity contribution in [3.63, 3.8) is 0 Å². The molecule has 190 valence electrons. The van der Waals surface area contributed by atoms with Gasteiger partial charge in [-0.3, -0.25) is 9.59 Å². The maximum atomic E-state index is 12.0. The smallest absolute Gasteiger partial charge is 0.308 e. The second-order valence-corrected chi connectivity index (χ2v) is 7.52. The van der Waals surface area contributed by atoms with Crippen molar-refractivity contribution < 1.29 is 42.7 Å². The molecule has 9 heteroatoms. The number of benzene rings is 2. The molecule has 0 radical (unpaired) electrons. The van der Waals surface area contributed by atoms with Crippen molar-refractivity contribution in [2.24, 2.45) is 0 Å². The van der Waals surface area contributed by atoms with Gasteiger partial charge in [0.25, 0.3) is 0 Å². The van der Waals surface area contributed by atoms with Gasteiger partial charge in [0.15, 0.2) is 29.1 Å². The molecular weight excluding hydrogens is 456 g/mol. The summed E-state index contributed by atoms with van der Waals surface area (Å²) in [5.74, 6) is 0.776. The molecule has 0 bridgehead atoms. The Bertz CT molecular complexity index is 1040. The van der Waals surface area contributed by atoms with Crippen LogP contribution in [0.2, 0.25) is 0 Å². The number of ether oxygens (including phenoxy) is 7. The zero-order valence-corrected chi connectivity index (χ0v) is 21.1. The van der Waals surface area contributed by atoms with Crippen LogP contribution < -0.4 is 28.4 Å². The number of rotatable bonds is 12. The minimum absolute atomic E-state index is 0.114. The Morgan fingerprint density at radius 2 is 1.37 bits per heavy atom. The summed E-state index contributed by atoms with van der Waals surface area (Å²) in [5, 5.41) is 0. The summed E-state index contributed by atoms with van der Waals surface area (Å²) in [7, 11) is 5.91. The van der Waals surface area contributed by atoms with Gasteiger partial charge in [-0.05, 0) is 43.2 Å². The van der Waals surface area contributed by atoms with Crippen molar-refractivity contribution in [2.75, 3.05) is 28.4 Å². The van der Waals surface area contributed by atoms with Crippen LogP contribution in [0.3, 0.4) is 0 Å². The summed E-state index contributed by atoms with van der Waals surface area (Å²) < 4.78 is 39.0. The lowest BCUT2D eigenvalue weighted by molar-refractivity contribution is -0.151. The normalized spacial score (nSPS) is 12.1. The minimum Gasteiger partial charge on any atom is -0.493 e. The van der Waals surface area contributed by atoms with Crippen LogP contribution in [-0.4, -0.2) is 46.5 Å². The van der Waals surface area contributed by atoms with Gasteiger partial charge >= 0.3 is 11.9 Å². The molecule has 9 nitrogen and oxygen atoms in total. The van der Waals surface area contributed by atoms with Crippen LogP contribution in [0.15, 0.2) is 36.9 Å². The fraction of sp³-hybridized carbons (Fsp3) is 0.385. The van der Waals surface area contributed by atoms with E-state index in [1.165, 1.54) is 48.4 Å². The van der Waals surface area contributed by atoms with E-state index in [4.69, 9.17) is 33.2 Å². The van der Waals surface area contributed by atoms with Gasteiger partial charge in [0.2, 0.25) is 11.5 Å². The molecule has 2 aromatic carbocycles. The van der Waals surface area contributed by atoms with Crippen LogP contribution in [0.5, 0.6) is 34.5 Å². The SMILES string of the molecule is C=CCc1cc(OC)c(OC(C)C(OC(C)=O)c2cc(OC)c(OC)c(OC(C)=O)c2)c(OC)c1. The first-order valence-corrected chi connectivity index (χ1v) is 10.8. The number of allylic oxidation sites excluding steroid dienone is 1. The fourth-order valence-corrected chi connectivity index (χ4v) is 3.54. The second-order valence-electron chi connectivity index (χ2n) is 7.52. The topological polar surface area (TPSA) is 98.8 Å². The minimum atomic E-state index is -0.913. The summed E-state index contributed by atoms with van der Waals surface area (Å²) >= 11 is 0. The van der Waals surface area contributed by atoms with E-state index in [0.29, 0.717) is 29.2 Å². The van der Waals surface area contributed by atoms with E-state index in [-0.39, 0.29) is 17.2 Å². The maximum absolute atomic E-state index is 12.0. The van der Waals surface area contributed by atoms with E-state index in [1.54, 1.807) is 19.1 Å². The van der Waals surface area contributed by atoms with Gasteiger partial charge in [-0.15, -0.1) is 6.58 Å². The highest BCUT2D eigenvalue weighted by Gasteiger charge is 2.30. The molecule has 2 atom stereocenters. The predicted octanol–water partition coefficient (Wildman–Crippen LogP) is 4.45. The van der Waals surface area contributed by atoms with Crippen LogP contribution in [0.25, 0.3) is 0 Å². The molecule has 0 saturated heterocycles. The molecule has 0 fully saturated rings. The van der Waals surface area contributed by atoms with Gasteiger partial charge in [0, 0.05) is 19.4 Å². The first kappa shape index (κ1) is 27.4. The molecule has 0 aliphatic carbocycles. The van der Waals surface area contributed by atoms with Crippen LogP contribution in [0, 0.1) is 0 Å². The summed E-state index contributed by atoms with van der Waals surface area (Å²) in [6, 6.07) is 6.81. The Morgan fingerprint density at radius 3 is 1.83 bits per heavy atom. The number of hydrogen-bond acceptors (Lipinski definition) is 9. The number of methoxy groups -OCH3 is 4. The first-order chi connectivity index (χ1) is 16.7. The third kappa shape index (κ3) is 6.81. The summed E-state index contributed by atoms with van der Waals surface area (Å²) in [6.45, 7) is 8.05. The maximum Gasteiger partial charge on any atom is 0.308 e. The average molecular weight is 489 g/mol. The molecular formula is C26H32O9. The Balaban J connectivity index is 2.57. The number of hydrogen-bond donors (Lipinski definition) is 0. The average Bonchev–Trinajstić information content (AvgIpc) is 2.82. The lowest BCUT2D eigenvalue weighted by atomic mass is 10.0. The highest BCUT2D eigenvalue weighted by molar-refractivity contribution is 5.72. The first-order valence-electron chi connectivity index (χ1n) is 10.8. The molecule has 2 aromatic rings. The fourth-order valence-electron chi connectivity index (χ4n) is 3.54. The van der Waals surface area contributed by atoms with E-state index >= 15 is 0 Å². The Hall–Kier alpha value is -3.88. The number of carbonyl (C=O) groups excluding carboxylic acids is 2. The molecule has 0 aliphatic rings. The van der Waals surface area contributed by atoms with Crippen molar-refractivity contribution in [3.05, 3.63) is 48.0 Å². The van der Waals surface area contributed by atoms with E-state index in [9.17, 15) is 9.59 Å². The van der Waals surface area contributed by atoms with Crippen molar-refractivity contribution in [3.8, 4) is 34.5 Å².